The van der Waals surface area contributed by atoms with E-state index in [9.17, 15) is 8.42 Å². The van der Waals surface area contributed by atoms with E-state index in [-0.39, 0.29) is 12.4 Å². The van der Waals surface area contributed by atoms with Gasteiger partial charge in [0.25, 0.3) is 16.0 Å². The third-order valence-electron chi connectivity index (χ3n) is 2.63. The fourth-order valence-corrected chi connectivity index (χ4v) is 2.62. The highest BCUT2D eigenvalue weighted by Gasteiger charge is 2.24. The second-order valence-corrected chi connectivity index (χ2v) is 5.77. The van der Waals surface area contributed by atoms with E-state index in [1.807, 2.05) is 13.8 Å². The maximum Gasteiger partial charge on any atom is 0.256 e. The highest BCUT2D eigenvalue weighted by atomic mass is 32.2. The predicted octanol–water partition coefficient (Wildman–Crippen LogP) is 1.04. The van der Waals surface area contributed by atoms with Crippen LogP contribution in [0.5, 0.6) is 0 Å². The molecule has 1 aromatic heterocycles. The van der Waals surface area contributed by atoms with Gasteiger partial charge in [-0.25, -0.2) is 18.1 Å². The van der Waals surface area contributed by atoms with Crippen LogP contribution in [0.1, 0.15) is 38.6 Å². The quantitative estimate of drug-likeness (QED) is 0.835. The van der Waals surface area contributed by atoms with Crippen molar-refractivity contribution in [3.63, 3.8) is 0 Å². The van der Waals surface area contributed by atoms with Crippen molar-refractivity contribution in [2.75, 3.05) is 4.72 Å². The lowest BCUT2D eigenvalue weighted by atomic mass is 10.2. The van der Waals surface area contributed by atoms with E-state index >= 15 is 0 Å². The van der Waals surface area contributed by atoms with Gasteiger partial charge in [-0.3, -0.25) is 0 Å². The van der Waals surface area contributed by atoms with Gasteiger partial charge >= 0.3 is 0 Å². The Balaban J connectivity index is 3.04. The van der Waals surface area contributed by atoms with Crippen molar-refractivity contribution in [2.24, 2.45) is 0 Å². The van der Waals surface area contributed by atoms with Crippen LogP contribution in [0, 0.1) is 11.3 Å². The van der Waals surface area contributed by atoms with E-state index in [0.717, 1.165) is 5.69 Å². The Kier molecular flexibility index (Phi) is 5.18. The molecule has 1 N–H and O–H groups in total. The number of hydrogen-bond acceptors (Lipinski definition) is 6. The third kappa shape index (κ3) is 3.61. The molecule has 0 aliphatic heterocycles. The van der Waals surface area contributed by atoms with Crippen molar-refractivity contribution in [1.29, 1.82) is 5.26 Å². The Morgan fingerprint density at radius 2 is 1.84 bits per heavy atom. The minimum Gasteiger partial charge on any atom is -0.249 e. The molecule has 0 saturated heterocycles. The second kappa shape index (κ2) is 6.43. The Bertz CT molecular complexity index is 579. The molecule has 0 bridgehead atoms. The predicted molar refractivity (Wildman–Crippen MR) is 70.8 cm³/mol. The molecule has 0 spiro atoms. The Morgan fingerprint density at radius 1 is 1.21 bits per heavy atom. The van der Waals surface area contributed by atoms with Gasteiger partial charge in [-0.2, -0.15) is 5.26 Å². The molecular weight excluding hydrogens is 266 g/mol. The van der Waals surface area contributed by atoms with Gasteiger partial charge in [-0.05, 0) is 19.3 Å². The molecule has 8 heteroatoms. The molecule has 0 aliphatic rings. The number of nitrogens with zero attached hydrogens (tertiary/aromatic N) is 4. The summed E-state index contributed by atoms with van der Waals surface area (Å²) in [6.07, 6.45) is 1.53. The zero-order valence-electron chi connectivity index (χ0n) is 11.2. The number of sulfonamides is 1. The fraction of sp³-hybridized carbons (Fsp3) is 0.636. The number of aryl methyl sites for hydroxylation is 2. The monoisotopic (exact) mass is 283 g/mol. The average Bonchev–Trinajstić information content (AvgIpc) is 2.39. The lowest BCUT2D eigenvalue weighted by molar-refractivity contribution is 0.592. The summed E-state index contributed by atoms with van der Waals surface area (Å²) >= 11 is 0. The van der Waals surface area contributed by atoms with Crippen molar-refractivity contribution in [1.82, 2.24) is 15.2 Å². The largest absolute Gasteiger partial charge is 0.256 e. The number of nitrogens with one attached hydrogen (secondary N) is 1. The van der Waals surface area contributed by atoms with Crippen LogP contribution in [-0.2, 0) is 22.9 Å². The van der Waals surface area contributed by atoms with E-state index in [2.05, 4.69) is 19.9 Å². The van der Waals surface area contributed by atoms with Gasteiger partial charge in [0.15, 0.2) is 5.25 Å². The Labute approximate surface area is 113 Å². The number of anilines is 1. The lowest BCUT2D eigenvalue weighted by Gasteiger charge is -2.10. The van der Waals surface area contributed by atoms with Crippen LogP contribution in [0.4, 0.5) is 5.95 Å². The van der Waals surface area contributed by atoms with Crippen LogP contribution in [0.25, 0.3) is 0 Å². The smallest absolute Gasteiger partial charge is 0.249 e. The highest BCUT2D eigenvalue weighted by molar-refractivity contribution is 7.93. The lowest BCUT2D eigenvalue weighted by Crippen LogP contribution is -2.27. The molecule has 0 radical (unpaired) electrons. The molecule has 1 aromatic rings. The number of hydrogen-bond donors (Lipinski definition) is 1. The van der Waals surface area contributed by atoms with Crippen LogP contribution < -0.4 is 4.72 Å². The Morgan fingerprint density at radius 3 is 2.32 bits per heavy atom. The zero-order valence-corrected chi connectivity index (χ0v) is 12.0. The summed E-state index contributed by atoms with van der Waals surface area (Å²) in [5.41, 5.74) is 1.46. The standard InChI is InChI=1S/C11H17N5O2S/c1-4-8(7-12)19(17,18)16-11-13-9(5-2)10(6-3)14-15-11/h8H,4-6H2,1-3H3,(H,13,15,16). The minimum absolute atomic E-state index is 0.0808. The molecular formula is C11H17N5O2S. The summed E-state index contributed by atoms with van der Waals surface area (Å²) in [5, 5.41) is 15.4. The summed E-state index contributed by atoms with van der Waals surface area (Å²) < 4.78 is 26.0. The first kappa shape index (κ1) is 15.3. The number of aromatic nitrogens is 3. The molecule has 0 aliphatic carbocycles. The molecule has 0 saturated carbocycles. The molecule has 0 amide bonds. The van der Waals surface area contributed by atoms with E-state index < -0.39 is 15.3 Å². The zero-order chi connectivity index (χ0) is 14.5. The van der Waals surface area contributed by atoms with Crippen molar-refractivity contribution < 1.29 is 8.42 Å². The van der Waals surface area contributed by atoms with Gasteiger partial charge in [0.1, 0.15) is 0 Å². The summed E-state index contributed by atoms with van der Waals surface area (Å²) in [6, 6.07) is 1.74. The van der Waals surface area contributed by atoms with Crippen molar-refractivity contribution in [3.8, 4) is 6.07 Å². The summed E-state index contributed by atoms with van der Waals surface area (Å²) in [7, 11) is -3.80. The van der Waals surface area contributed by atoms with Gasteiger partial charge in [0.05, 0.1) is 17.5 Å². The first-order valence-electron chi connectivity index (χ1n) is 6.12. The van der Waals surface area contributed by atoms with Crippen LogP contribution in [-0.4, -0.2) is 28.8 Å². The van der Waals surface area contributed by atoms with Crippen LogP contribution >= 0.6 is 0 Å². The molecule has 1 atom stereocenters. The van der Waals surface area contributed by atoms with Gasteiger partial charge in [-0.15, -0.1) is 10.2 Å². The minimum atomic E-state index is -3.80. The van der Waals surface area contributed by atoms with Crippen LogP contribution in [0.2, 0.25) is 0 Å². The normalized spacial score (nSPS) is 12.7. The fourth-order valence-electron chi connectivity index (χ4n) is 1.56. The maximum atomic E-state index is 11.9. The van der Waals surface area contributed by atoms with E-state index in [1.54, 1.807) is 13.0 Å². The molecule has 1 unspecified atom stereocenters. The van der Waals surface area contributed by atoms with Crippen LogP contribution in [0.15, 0.2) is 0 Å². The molecule has 1 rings (SSSR count). The molecule has 7 nitrogen and oxygen atoms in total. The first-order valence-corrected chi connectivity index (χ1v) is 7.66. The molecule has 0 aromatic carbocycles. The SMILES string of the molecule is CCc1nnc(NS(=O)(=O)C(C#N)CC)nc1CC. The summed E-state index contributed by atoms with van der Waals surface area (Å²) in [6.45, 7) is 5.47. The van der Waals surface area contributed by atoms with Crippen LogP contribution in [0.3, 0.4) is 0 Å². The maximum absolute atomic E-state index is 11.9. The van der Waals surface area contributed by atoms with Crippen molar-refractivity contribution in [2.45, 2.75) is 45.3 Å². The molecule has 0 fully saturated rings. The second-order valence-electron chi connectivity index (χ2n) is 3.91. The number of rotatable bonds is 6. The van der Waals surface area contributed by atoms with Gasteiger partial charge < -0.3 is 0 Å². The highest BCUT2D eigenvalue weighted by Crippen LogP contribution is 2.11. The Hall–Kier alpha value is -1.75. The van der Waals surface area contributed by atoms with E-state index in [4.69, 9.17) is 5.26 Å². The average molecular weight is 283 g/mol. The summed E-state index contributed by atoms with van der Waals surface area (Å²) in [5.74, 6) is -0.0808. The molecule has 19 heavy (non-hydrogen) atoms. The number of nitriles is 1. The van der Waals surface area contributed by atoms with Crippen molar-refractivity contribution >= 4 is 16.0 Å². The van der Waals surface area contributed by atoms with Gasteiger partial charge in [-0.1, -0.05) is 20.8 Å². The summed E-state index contributed by atoms with van der Waals surface area (Å²) in [4.78, 5) is 4.12. The molecule has 104 valence electrons. The van der Waals surface area contributed by atoms with E-state index in [1.165, 1.54) is 0 Å². The molecule has 1 heterocycles. The van der Waals surface area contributed by atoms with Gasteiger partial charge in [0, 0.05) is 0 Å². The third-order valence-corrected chi connectivity index (χ3v) is 4.29. The van der Waals surface area contributed by atoms with Gasteiger partial charge in [0.2, 0.25) is 0 Å². The van der Waals surface area contributed by atoms with E-state index in [0.29, 0.717) is 18.5 Å². The first-order chi connectivity index (χ1) is 8.98. The topological polar surface area (TPSA) is 109 Å². The van der Waals surface area contributed by atoms with Crippen molar-refractivity contribution in [3.05, 3.63) is 11.4 Å².